The van der Waals surface area contributed by atoms with E-state index in [2.05, 4.69) is 35.2 Å². The quantitative estimate of drug-likeness (QED) is 0.833. The summed E-state index contributed by atoms with van der Waals surface area (Å²) in [6.07, 6.45) is 2.43. The van der Waals surface area contributed by atoms with Crippen molar-refractivity contribution in [1.29, 1.82) is 0 Å². The van der Waals surface area contributed by atoms with Crippen molar-refractivity contribution in [3.8, 4) is 0 Å². The molecular weight excluding hydrogens is 196 g/mol. The molecule has 2 N–H and O–H groups in total. The van der Waals surface area contributed by atoms with Gasteiger partial charge in [-0.3, -0.25) is 4.90 Å². The maximum absolute atomic E-state index is 5.94. The SMILES string of the molecule is C.C.NC1CCCN(Cc2ccccc2)C1. The molecule has 0 aliphatic carbocycles. The largest absolute Gasteiger partial charge is 0.327 e. The molecule has 0 aromatic heterocycles. The molecule has 0 amide bonds. The second-order valence-electron chi connectivity index (χ2n) is 4.12. The van der Waals surface area contributed by atoms with E-state index in [0.717, 1.165) is 13.1 Å². The zero-order chi connectivity index (χ0) is 9.80. The number of rotatable bonds is 2. The Morgan fingerprint density at radius 1 is 1.19 bits per heavy atom. The van der Waals surface area contributed by atoms with E-state index in [4.69, 9.17) is 5.73 Å². The summed E-state index contributed by atoms with van der Waals surface area (Å²) in [4.78, 5) is 2.45. The van der Waals surface area contributed by atoms with Crippen molar-refractivity contribution in [3.05, 3.63) is 35.9 Å². The molecule has 1 fully saturated rings. The summed E-state index contributed by atoms with van der Waals surface area (Å²) in [5.74, 6) is 0. The molecule has 0 bridgehead atoms. The van der Waals surface area contributed by atoms with Crippen molar-refractivity contribution in [2.24, 2.45) is 5.73 Å². The number of likely N-dealkylation sites (tertiary alicyclic amines) is 1. The average molecular weight is 222 g/mol. The van der Waals surface area contributed by atoms with Crippen LogP contribution in [0.3, 0.4) is 0 Å². The summed E-state index contributed by atoms with van der Waals surface area (Å²) in [5.41, 5.74) is 7.33. The topological polar surface area (TPSA) is 29.3 Å². The number of hydrogen-bond donors (Lipinski definition) is 1. The van der Waals surface area contributed by atoms with Crippen LogP contribution < -0.4 is 5.73 Å². The molecule has 2 heteroatoms. The Labute approximate surface area is 100 Å². The molecule has 1 aliphatic heterocycles. The molecule has 1 heterocycles. The van der Waals surface area contributed by atoms with Gasteiger partial charge in [0.25, 0.3) is 0 Å². The molecule has 16 heavy (non-hydrogen) atoms. The highest BCUT2D eigenvalue weighted by Gasteiger charge is 2.15. The summed E-state index contributed by atoms with van der Waals surface area (Å²) < 4.78 is 0. The first-order valence-electron chi connectivity index (χ1n) is 5.36. The molecule has 92 valence electrons. The monoisotopic (exact) mass is 222 g/mol. The molecule has 0 spiro atoms. The molecule has 1 aromatic rings. The van der Waals surface area contributed by atoms with Gasteiger partial charge in [-0.2, -0.15) is 0 Å². The first-order valence-corrected chi connectivity index (χ1v) is 5.36. The van der Waals surface area contributed by atoms with E-state index in [0.29, 0.717) is 6.04 Å². The number of piperidine rings is 1. The lowest BCUT2D eigenvalue weighted by Gasteiger charge is -2.30. The molecule has 1 saturated heterocycles. The van der Waals surface area contributed by atoms with E-state index in [1.807, 2.05) is 0 Å². The van der Waals surface area contributed by atoms with Gasteiger partial charge < -0.3 is 5.73 Å². The third-order valence-electron chi connectivity index (χ3n) is 2.79. The van der Waals surface area contributed by atoms with Crippen molar-refractivity contribution >= 4 is 0 Å². The van der Waals surface area contributed by atoms with Gasteiger partial charge in [0.15, 0.2) is 0 Å². The minimum atomic E-state index is 0. The van der Waals surface area contributed by atoms with Crippen LogP contribution in [0.5, 0.6) is 0 Å². The van der Waals surface area contributed by atoms with Crippen molar-refractivity contribution < 1.29 is 0 Å². The fourth-order valence-electron chi connectivity index (χ4n) is 2.08. The first kappa shape index (κ1) is 15.1. The molecule has 2 rings (SSSR count). The Bertz CT molecular complexity index is 271. The predicted molar refractivity (Wildman–Crippen MR) is 72.4 cm³/mol. The smallest absolute Gasteiger partial charge is 0.0234 e. The Morgan fingerprint density at radius 3 is 2.50 bits per heavy atom. The molecule has 2 nitrogen and oxygen atoms in total. The number of benzene rings is 1. The zero-order valence-corrected chi connectivity index (χ0v) is 8.52. The summed E-state index contributed by atoms with van der Waals surface area (Å²) in [7, 11) is 0. The average Bonchev–Trinajstić information content (AvgIpc) is 2.19. The van der Waals surface area contributed by atoms with Crippen molar-refractivity contribution in [1.82, 2.24) is 4.90 Å². The second kappa shape index (κ2) is 7.42. The second-order valence-corrected chi connectivity index (χ2v) is 4.12. The molecule has 1 atom stereocenters. The van der Waals surface area contributed by atoms with Crippen LogP contribution in [0.15, 0.2) is 30.3 Å². The number of nitrogens with zero attached hydrogens (tertiary/aromatic N) is 1. The highest BCUT2D eigenvalue weighted by atomic mass is 15.1. The minimum Gasteiger partial charge on any atom is -0.327 e. The van der Waals surface area contributed by atoms with Gasteiger partial charge in [-0.1, -0.05) is 45.2 Å². The van der Waals surface area contributed by atoms with Gasteiger partial charge in [0.05, 0.1) is 0 Å². The number of hydrogen-bond acceptors (Lipinski definition) is 2. The highest BCUT2D eigenvalue weighted by Crippen LogP contribution is 2.11. The van der Waals surface area contributed by atoms with Crippen molar-refractivity contribution in [3.63, 3.8) is 0 Å². The first-order chi connectivity index (χ1) is 6.84. The fourth-order valence-corrected chi connectivity index (χ4v) is 2.08. The molecule has 1 aromatic carbocycles. The third-order valence-corrected chi connectivity index (χ3v) is 2.79. The van der Waals surface area contributed by atoms with Gasteiger partial charge in [-0.25, -0.2) is 0 Å². The van der Waals surface area contributed by atoms with Crippen molar-refractivity contribution in [2.45, 2.75) is 40.3 Å². The molecule has 0 saturated carbocycles. The van der Waals surface area contributed by atoms with Crippen molar-refractivity contribution in [2.75, 3.05) is 13.1 Å². The van der Waals surface area contributed by atoms with Gasteiger partial charge in [-0.05, 0) is 24.9 Å². The molecule has 1 aliphatic rings. The van der Waals surface area contributed by atoms with Crippen LogP contribution in [-0.4, -0.2) is 24.0 Å². The van der Waals surface area contributed by atoms with E-state index < -0.39 is 0 Å². The minimum absolute atomic E-state index is 0. The molecule has 1 unspecified atom stereocenters. The van der Waals surface area contributed by atoms with Gasteiger partial charge in [0.1, 0.15) is 0 Å². The normalized spacial score (nSPS) is 20.7. The third kappa shape index (κ3) is 4.33. The highest BCUT2D eigenvalue weighted by molar-refractivity contribution is 5.14. The molecule has 0 radical (unpaired) electrons. The van der Waals surface area contributed by atoms with E-state index in [1.54, 1.807) is 0 Å². The Kier molecular flexibility index (Phi) is 7.02. The predicted octanol–water partition coefficient (Wildman–Crippen LogP) is 2.88. The van der Waals surface area contributed by atoms with Crippen LogP contribution in [-0.2, 0) is 6.54 Å². The maximum Gasteiger partial charge on any atom is 0.0234 e. The number of nitrogens with two attached hydrogens (primary N) is 1. The Balaban J connectivity index is 0.00000112. The lowest BCUT2D eigenvalue weighted by atomic mass is 10.1. The Morgan fingerprint density at radius 2 is 1.88 bits per heavy atom. The lowest BCUT2D eigenvalue weighted by molar-refractivity contribution is 0.201. The van der Waals surface area contributed by atoms with Crippen LogP contribution in [0, 0.1) is 0 Å². The van der Waals surface area contributed by atoms with Crippen LogP contribution in [0.2, 0.25) is 0 Å². The molecular formula is C14H26N2. The van der Waals surface area contributed by atoms with E-state index in [1.165, 1.54) is 24.9 Å². The summed E-state index contributed by atoms with van der Waals surface area (Å²) in [5, 5.41) is 0. The lowest BCUT2D eigenvalue weighted by Crippen LogP contribution is -2.42. The van der Waals surface area contributed by atoms with E-state index in [9.17, 15) is 0 Å². The van der Waals surface area contributed by atoms with E-state index in [-0.39, 0.29) is 14.9 Å². The van der Waals surface area contributed by atoms with Crippen LogP contribution in [0.4, 0.5) is 0 Å². The summed E-state index contributed by atoms with van der Waals surface area (Å²) in [6.45, 7) is 3.30. The van der Waals surface area contributed by atoms with Gasteiger partial charge in [0, 0.05) is 19.1 Å². The zero-order valence-electron chi connectivity index (χ0n) is 8.52. The van der Waals surface area contributed by atoms with Gasteiger partial charge in [-0.15, -0.1) is 0 Å². The standard InChI is InChI=1S/C12H18N2.2CH4/c13-12-7-4-8-14(10-12)9-11-5-2-1-3-6-11;;/h1-3,5-6,12H,4,7-10,13H2;2*1H4. The van der Waals surface area contributed by atoms with Crippen LogP contribution in [0.1, 0.15) is 33.3 Å². The van der Waals surface area contributed by atoms with Crippen LogP contribution >= 0.6 is 0 Å². The van der Waals surface area contributed by atoms with Crippen LogP contribution in [0.25, 0.3) is 0 Å². The summed E-state index contributed by atoms with van der Waals surface area (Å²) in [6, 6.07) is 11.0. The van der Waals surface area contributed by atoms with Gasteiger partial charge >= 0.3 is 0 Å². The fraction of sp³-hybridized carbons (Fsp3) is 0.571. The Hall–Kier alpha value is -0.860. The van der Waals surface area contributed by atoms with E-state index >= 15 is 0 Å². The summed E-state index contributed by atoms with van der Waals surface area (Å²) >= 11 is 0. The van der Waals surface area contributed by atoms with Gasteiger partial charge in [0.2, 0.25) is 0 Å². The maximum atomic E-state index is 5.94.